The minimum absolute atomic E-state index is 0.0129. The van der Waals surface area contributed by atoms with Crippen LogP contribution in [0.5, 0.6) is 17.4 Å². The molecular formula is C20H26N4O3. The summed E-state index contributed by atoms with van der Waals surface area (Å²) in [7, 11) is 1.60. The molecule has 0 aliphatic carbocycles. The number of nitrogens with zero attached hydrogens (tertiary/aromatic N) is 4. The number of methoxy groups -OCH3 is 1. The maximum absolute atomic E-state index is 12.3. The fourth-order valence-electron chi connectivity index (χ4n) is 3.20. The molecule has 1 aliphatic rings. The summed E-state index contributed by atoms with van der Waals surface area (Å²) in [5.74, 6) is 2.71. The van der Waals surface area contributed by atoms with Gasteiger partial charge in [-0.1, -0.05) is 26.0 Å². The first-order valence-corrected chi connectivity index (χ1v) is 9.18. The van der Waals surface area contributed by atoms with Crippen LogP contribution in [-0.2, 0) is 4.79 Å². The molecule has 1 fully saturated rings. The topological polar surface area (TPSA) is 67.8 Å². The van der Waals surface area contributed by atoms with Crippen molar-refractivity contribution in [1.82, 2.24) is 14.9 Å². The zero-order chi connectivity index (χ0) is 19.4. The molecule has 1 amide bonds. The van der Waals surface area contributed by atoms with Crippen LogP contribution in [0, 0.1) is 5.92 Å². The summed E-state index contributed by atoms with van der Waals surface area (Å²) < 4.78 is 11.2. The van der Waals surface area contributed by atoms with Crippen molar-refractivity contribution in [2.75, 3.05) is 31.6 Å². The smallest absolute Gasteiger partial charge is 0.225 e. The van der Waals surface area contributed by atoms with Gasteiger partial charge in [-0.25, -0.2) is 9.97 Å². The van der Waals surface area contributed by atoms with Crippen LogP contribution in [0.4, 0.5) is 5.82 Å². The van der Waals surface area contributed by atoms with E-state index in [2.05, 4.69) is 21.8 Å². The van der Waals surface area contributed by atoms with Gasteiger partial charge in [-0.2, -0.15) is 0 Å². The first-order chi connectivity index (χ1) is 13.0. The summed E-state index contributed by atoms with van der Waals surface area (Å²) in [4.78, 5) is 25.0. The van der Waals surface area contributed by atoms with Crippen LogP contribution < -0.4 is 14.4 Å². The Hall–Kier alpha value is -2.83. The van der Waals surface area contributed by atoms with Gasteiger partial charge in [0.2, 0.25) is 11.8 Å². The summed E-state index contributed by atoms with van der Waals surface area (Å²) in [5.41, 5.74) is 0. The number of anilines is 1. The average Bonchev–Trinajstić information content (AvgIpc) is 2.68. The zero-order valence-electron chi connectivity index (χ0n) is 16.3. The molecule has 1 aliphatic heterocycles. The van der Waals surface area contributed by atoms with E-state index in [0.717, 1.165) is 18.9 Å². The molecule has 0 radical (unpaired) electrons. The Balaban J connectivity index is 1.72. The lowest BCUT2D eigenvalue weighted by Gasteiger charge is -2.41. The van der Waals surface area contributed by atoms with Gasteiger partial charge in [-0.15, -0.1) is 0 Å². The molecular weight excluding hydrogens is 344 g/mol. The van der Waals surface area contributed by atoms with E-state index < -0.39 is 0 Å². The molecule has 0 bridgehead atoms. The van der Waals surface area contributed by atoms with Crippen LogP contribution in [0.15, 0.2) is 36.7 Å². The van der Waals surface area contributed by atoms with Crippen LogP contribution >= 0.6 is 0 Å². The SMILES string of the molecule is COc1ccccc1Oc1cc(N2CCN(C(=O)C(C)C)C(C)C2)ncn1. The van der Waals surface area contributed by atoms with E-state index in [0.29, 0.717) is 23.9 Å². The van der Waals surface area contributed by atoms with E-state index in [1.165, 1.54) is 6.33 Å². The van der Waals surface area contributed by atoms with Crippen molar-refractivity contribution in [3.63, 3.8) is 0 Å². The van der Waals surface area contributed by atoms with E-state index in [1.54, 1.807) is 7.11 Å². The molecule has 1 saturated heterocycles. The molecule has 1 atom stereocenters. The zero-order valence-corrected chi connectivity index (χ0v) is 16.3. The normalized spacial score (nSPS) is 17.1. The highest BCUT2D eigenvalue weighted by Crippen LogP contribution is 2.31. The van der Waals surface area contributed by atoms with Crippen molar-refractivity contribution >= 4 is 11.7 Å². The van der Waals surface area contributed by atoms with Gasteiger partial charge in [0.15, 0.2) is 11.5 Å². The number of rotatable bonds is 5. The van der Waals surface area contributed by atoms with Crippen molar-refractivity contribution in [3.05, 3.63) is 36.7 Å². The summed E-state index contributed by atoms with van der Waals surface area (Å²) in [5, 5.41) is 0. The summed E-state index contributed by atoms with van der Waals surface area (Å²) >= 11 is 0. The minimum Gasteiger partial charge on any atom is -0.493 e. The number of para-hydroxylation sites is 2. The highest BCUT2D eigenvalue weighted by atomic mass is 16.5. The molecule has 1 aromatic heterocycles. The lowest BCUT2D eigenvalue weighted by molar-refractivity contribution is -0.136. The Labute approximate surface area is 159 Å². The Kier molecular flexibility index (Phi) is 5.78. The highest BCUT2D eigenvalue weighted by molar-refractivity contribution is 5.78. The van der Waals surface area contributed by atoms with Gasteiger partial charge in [0.25, 0.3) is 0 Å². The summed E-state index contributed by atoms with van der Waals surface area (Å²) in [6, 6.07) is 9.38. The standard InChI is InChI=1S/C20H26N4O3/c1-14(2)20(25)24-10-9-23(12-15(24)3)18-11-19(22-13-21-18)27-17-8-6-5-7-16(17)26-4/h5-8,11,13-15H,9-10,12H2,1-4H3. The minimum atomic E-state index is 0.0129. The van der Waals surface area contributed by atoms with E-state index in [-0.39, 0.29) is 17.9 Å². The lowest BCUT2D eigenvalue weighted by atomic mass is 10.1. The Morgan fingerprint density at radius 2 is 1.93 bits per heavy atom. The largest absolute Gasteiger partial charge is 0.493 e. The van der Waals surface area contributed by atoms with E-state index in [9.17, 15) is 4.79 Å². The van der Waals surface area contributed by atoms with Crippen LogP contribution in [0.2, 0.25) is 0 Å². The van der Waals surface area contributed by atoms with Crippen molar-refractivity contribution < 1.29 is 14.3 Å². The average molecular weight is 370 g/mol. The highest BCUT2D eigenvalue weighted by Gasteiger charge is 2.29. The Bertz CT molecular complexity index is 796. The molecule has 0 saturated carbocycles. The molecule has 1 unspecified atom stereocenters. The first kappa shape index (κ1) is 18.9. The monoisotopic (exact) mass is 370 g/mol. The molecule has 0 N–H and O–H groups in total. The predicted molar refractivity (Wildman–Crippen MR) is 103 cm³/mol. The van der Waals surface area contributed by atoms with E-state index in [1.807, 2.05) is 49.1 Å². The maximum atomic E-state index is 12.3. The quantitative estimate of drug-likeness (QED) is 0.806. The number of carbonyl (C=O) groups excluding carboxylic acids is 1. The second-order valence-electron chi connectivity index (χ2n) is 6.95. The second kappa shape index (κ2) is 8.24. The van der Waals surface area contributed by atoms with Gasteiger partial charge >= 0.3 is 0 Å². The Morgan fingerprint density at radius 3 is 2.59 bits per heavy atom. The first-order valence-electron chi connectivity index (χ1n) is 9.18. The van der Waals surface area contributed by atoms with Crippen molar-refractivity contribution in [3.8, 4) is 17.4 Å². The number of carbonyl (C=O) groups is 1. The number of benzene rings is 1. The molecule has 2 aromatic rings. The third kappa shape index (κ3) is 4.30. The summed E-state index contributed by atoms with van der Waals surface area (Å²) in [6.07, 6.45) is 1.50. The number of hydrogen-bond acceptors (Lipinski definition) is 6. The second-order valence-corrected chi connectivity index (χ2v) is 6.95. The van der Waals surface area contributed by atoms with E-state index in [4.69, 9.17) is 9.47 Å². The fourth-order valence-corrected chi connectivity index (χ4v) is 3.20. The van der Waals surface area contributed by atoms with Gasteiger partial charge in [0.05, 0.1) is 7.11 Å². The van der Waals surface area contributed by atoms with Gasteiger partial charge in [-0.05, 0) is 19.1 Å². The number of aromatic nitrogens is 2. The Morgan fingerprint density at radius 1 is 1.19 bits per heavy atom. The van der Waals surface area contributed by atoms with Crippen molar-refractivity contribution in [2.45, 2.75) is 26.8 Å². The molecule has 0 spiro atoms. The molecule has 144 valence electrons. The molecule has 7 heteroatoms. The van der Waals surface area contributed by atoms with Crippen LogP contribution in [0.3, 0.4) is 0 Å². The molecule has 2 heterocycles. The van der Waals surface area contributed by atoms with Gasteiger partial charge in [0.1, 0.15) is 12.1 Å². The van der Waals surface area contributed by atoms with E-state index >= 15 is 0 Å². The summed E-state index contributed by atoms with van der Waals surface area (Å²) in [6.45, 7) is 8.09. The van der Waals surface area contributed by atoms with Crippen molar-refractivity contribution in [2.24, 2.45) is 5.92 Å². The van der Waals surface area contributed by atoms with Gasteiger partial charge in [-0.3, -0.25) is 4.79 Å². The fraction of sp³-hybridized carbons (Fsp3) is 0.450. The number of piperazine rings is 1. The van der Waals surface area contributed by atoms with Gasteiger partial charge < -0.3 is 19.3 Å². The van der Waals surface area contributed by atoms with Gasteiger partial charge in [0, 0.05) is 37.7 Å². The molecule has 3 rings (SSSR count). The van der Waals surface area contributed by atoms with Crippen molar-refractivity contribution in [1.29, 1.82) is 0 Å². The predicted octanol–water partition coefficient (Wildman–Crippen LogP) is 2.97. The molecule has 1 aromatic carbocycles. The van der Waals surface area contributed by atoms with Crippen LogP contribution in [0.25, 0.3) is 0 Å². The number of hydrogen-bond donors (Lipinski definition) is 0. The van der Waals surface area contributed by atoms with Crippen LogP contribution in [-0.4, -0.2) is 53.6 Å². The van der Waals surface area contributed by atoms with Crippen LogP contribution in [0.1, 0.15) is 20.8 Å². The lowest BCUT2D eigenvalue weighted by Crippen LogP contribution is -2.55. The third-order valence-electron chi connectivity index (χ3n) is 4.64. The molecule has 7 nitrogen and oxygen atoms in total. The maximum Gasteiger partial charge on any atom is 0.225 e. The third-order valence-corrected chi connectivity index (χ3v) is 4.64. The number of ether oxygens (including phenoxy) is 2. The molecule has 27 heavy (non-hydrogen) atoms. The number of amides is 1.